The Morgan fingerprint density at radius 2 is 1.82 bits per heavy atom. The van der Waals surface area contributed by atoms with Gasteiger partial charge in [-0.3, -0.25) is 9.59 Å². The van der Waals surface area contributed by atoms with Crippen molar-refractivity contribution in [3.63, 3.8) is 0 Å². The molecule has 2 N–H and O–H groups in total. The first-order chi connectivity index (χ1) is 13.6. The fourth-order valence-electron chi connectivity index (χ4n) is 2.53. The molecule has 1 saturated heterocycles. The Kier molecular flexibility index (Phi) is 6.46. The zero-order valence-corrected chi connectivity index (χ0v) is 15.7. The SMILES string of the molecule is C1CCOC1.NC(=O)c1cc(-c2ccc(Cl)cc2)nn(-c2ccnnc2)c1=O. The van der Waals surface area contributed by atoms with Gasteiger partial charge in [-0.1, -0.05) is 23.7 Å². The number of benzene rings is 1. The Labute approximate surface area is 165 Å². The molecule has 0 atom stereocenters. The Bertz CT molecular complexity index is 995. The highest BCUT2D eigenvalue weighted by molar-refractivity contribution is 6.30. The van der Waals surface area contributed by atoms with E-state index in [1.165, 1.54) is 31.3 Å². The summed E-state index contributed by atoms with van der Waals surface area (Å²) in [5.41, 5.74) is 5.99. The van der Waals surface area contributed by atoms with Gasteiger partial charge in [-0.15, -0.1) is 0 Å². The zero-order chi connectivity index (χ0) is 19.9. The second kappa shape index (κ2) is 9.20. The molecular formula is C19H18ClN5O3. The minimum absolute atomic E-state index is 0.165. The van der Waals surface area contributed by atoms with Crippen LogP contribution in [-0.2, 0) is 4.74 Å². The molecule has 9 heteroatoms. The molecular weight excluding hydrogens is 382 g/mol. The molecule has 1 aromatic carbocycles. The minimum atomic E-state index is -0.830. The molecule has 3 aromatic rings. The van der Waals surface area contributed by atoms with Gasteiger partial charge in [0.1, 0.15) is 5.56 Å². The van der Waals surface area contributed by atoms with E-state index in [1.807, 2.05) is 0 Å². The second-order valence-electron chi connectivity index (χ2n) is 5.95. The highest BCUT2D eigenvalue weighted by atomic mass is 35.5. The maximum atomic E-state index is 12.4. The predicted molar refractivity (Wildman–Crippen MR) is 104 cm³/mol. The maximum Gasteiger partial charge on any atom is 0.284 e. The fourth-order valence-corrected chi connectivity index (χ4v) is 2.65. The monoisotopic (exact) mass is 399 g/mol. The molecule has 0 bridgehead atoms. The fraction of sp³-hybridized carbons (Fsp3) is 0.211. The van der Waals surface area contributed by atoms with Crippen LogP contribution in [0.15, 0.2) is 53.6 Å². The number of nitrogens with zero attached hydrogens (tertiary/aromatic N) is 4. The second-order valence-corrected chi connectivity index (χ2v) is 6.39. The number of carbonyl (C=O) groups is 1. The summed E-state index contributed by atoms with van der Waals surface area (Å²) in [5.74, 6) is -0.830. The molecule has 0 aliphatic carbocycles. The van der Waals surface area contributed by atoms with E-state index in [2.05, 4.69) is 15.3 Å². The van der Waals surface area contributed by atoms with Crippen molar-refractivity contribution in [3.8, 4) is 16.9 Å². The lowest BCUT2D eigenvalue weighted by Crippen LogP contribution is -2.30. The first kappa shape index (κ1) is 19.7. The van der Waals surface area contributed by atoms with E-state index in [1.54, 1.807) is 30.3 Å². The van der Waals surface area contributed by atoms with Crippen LogP contribution in [0.25, 0.3) is 16.9 Å². The lowest BCUT2D eigenvalue weighted by Gasteiger charge is -2.09. The average molecular weight is 400 g/mol. The summed E-state index contributed by atoms with van der Waals surface area (Å²) in [4.78, 5) is 24.0. The minimum Gasteiger partial charge on any atom is -0.381 e. The highest BCUT2D eigenvalue weighted by Gasteiger charge is 2.15. The number of rotatable bonds is 3. The highest BCUT2D eigenvalue weighted by Crippen LogP contribution is 2.20. The van der Waals surface area contributed by atoms with E-state index < -0.39 is 11.5 Å². The van der Waals surface area contributed by atoms with Crippen molar-refractivity contribution in [1.29, 1.82) is 0 Å². The lowest BCUT2D eigenvalue weighted by molar-refractivity contribution is 0.0998. The molecule has 1 aliphatic heterocycles. The number of ether oxygens (including phenoxy) is 1. The molecule has 1 fully saturated rings. The third-order valence-corrected chi connectivity index (χ3v) is 4.21. The first-order valence-electron chi connectivity index (χ1n) is 8.61. The summed E-state index contributed by atoms with van der Waals surface area (Å²) in [5, 5.41) is 12.2. The van der Waals surface area contributed by atoms with Gasteiger partial charge in [0.15, 0.2) is 0 Å². The summed E-state index contributed by atoms with van der Waals surface area (Å²) < 4.78 is 6.01. The number of amides is 1. The van der Waals surface area contributed by atoms with E-state index in [0.29, 0.717) is 22.0 Å². The molecule has 0 unspecified atom stereocenters. The van der Waals surface area contributed by atoms with Gasteiger partial charge in [0.25, 0.3) is 11.5 Å². The van der Waals surface area contributed by atoms with Crippen molar-refractivity contribution >= 4 is 17.5 Å². The van der Waals surface area contributed by atoms with Gasteiger partial charge in [-0.05, 0) is 37.1 Å². The molecule has 3 heterocycles. The quantitative estimate of drug-likeness (QED) is 0.722. The standard InChI is InChI=1S/C15H10ClN5O2.C4H8O/c16-10-3-1-9(2-4-10)13-7-12(14(17)22)15(23)21(20-13)11-5-6-18-19-8-11;1-2-4-5-3-1/h1-8H,(H2,17,22);1-4H2. The Morgan fingerprint density at radius 1 is 1.11 bits per heavy atom. The van der Waals surface area contributed by atoms with E-state index in [9.17, 15) is 9.59 Å². The number of halogens is 1. The number of primary amides is 1. The third-order valence-electron chi connectivity index (χ3n) is 3.96. The number of aromatic nitrogens is 4. The van der Waals surface area contributed by atoms with Gasteiger partial charge in [0, 0.05) is 23.8 Å². The van der Waals surface area contributed by atoms with Crippen molar-refractivity contribution in [3.05, 3.63) is 69.7 Å². The maximum absolute atomic E-state index is 12.4. The van der Waals surface area contributed by atoms with Crippen LogP contribution in [0.3, 0.4) is 0 Å². The molecule has 28 heavy (non-hydrogen) atoms. The van der Waals surface area contributed by atoms with E-state index in [0.717, 1.165) is 17.9 Å². The van der Waals surface area contributed by atoms with Gasteiger partial charge in [0.2, 0.25) is 0 Å². The van der Waals surface area contributed by atoms with Crippen molar-refractivity contribution < 1.29 is 9.53 Å². The smallest absolute Gasteiger partial charge is 0.284 e. The van der Waals surface area contributed by atoms with Gasteiger partial charge in [-0.2, -0.15) is 20.0 Å². The molecule has 2 aromatic heterocycles. The molecule has 1 aliphatic rings. The first-order valence-corrected chi connectivity index (χ1v) is 8.99. The Hall–Kier alpha value is -3.10. The van der Waals surface area contributed by atoms with Gasteiger partial charge in [0.05, 0.1) is 23.8 Å². The molecule has 1 amide bonds. The summed E-state index contributed by atoms with van der Waals surface area (Å²) >= 11 is 5.87. The third kappa shape index (κ3) is 4.79. The van der Waals surface area contributed by atoms with Crippen molar-refractivity contribution in [2.24, 2.45) is 5.73 Å². The summed E-state index contributed by atoms with van der Waals surface area (Å²) in [6, 6.07) is 9.75. The Balaban J connectivity index is 0.000000391. The van der Waals surface area contributed by atoms with Crippen LogP contribution in [-0.4, -0.2) is 39.1 Å². The molecule has 0 saturated carbocycles. The van der Waals surface area contributed by atoms with Gasteiger partial charge < -0.3 is 10.5 Å². The topological polar surface area (TPSA) is 113 Å². The van der Waals surface area contributed by atoms with Gasteiger partial charge in [-0.25, -0.2) is 0 Å². The molecule has 8 nitrogen and oxygen atoms in total. The molecule has 4 rings (SSSR count). The molecule has 144 valence electrons. The van der Waals surface area contributed by atoms with Crippen LogP contribution in [0.5, 0.6) is 0 Å². The average Bonchev–Trinajstić information content (AvgIpc) is 3.29. The van der Waals surface area contributed by atoms with E-state index in [4.69, 9.17) is 22.1 Å². The summed E-state index contributed by atoms with van der Waals surface area (Å²) in [6.07, 6.45) is 5.34. The van der Waals surface area contributed by atoms with Crippen molar-refractivity contribution in [2.75, 3.05) is 13.2 Å². The van der Waals surface area contributed by atoms with Gasteiger partial charge >= 0.3 is 0 Å². The van der Waals surface area contributed by atoms with Crippen LogP contribution in [0.2, 0.25) is 5.02 Å². The molecule has 0 spiro atoms. The lowest BCUT2D eigenvalue weighted by atomic mass is 10.1. The van der Waals surface area contributed by atoms with Crippen LogP contribution in [0.1, 0.15) is 23.2 Å². The van der Waals surface area contributed by atoms with E-state index in [-0.39, 0.29) is 5.56 Å². The normalized spacial score (nSPS) is 12.9. The van der Waals surface area contributed by atoms with Crippen molar-refractivity contribution in [1.82, 2.24) is 20.0 Å². The van der Waals surface area contributed by atoms with Crippen LogP contribution in [0.4, 0.5) is 0 Å². The molecule has 0 radical (unpaired) electrons. The zero-order valence-electron chi connectivity index (χ0n) is 14.9. The van der Waals surface area contributed by atoms with Crippen LogP contribution >= 0.6 is 11.6 Å². The Morgan fingerprint density at radius 3 is 2.36 bits per heavy atom. The van der Waals surface area contributed by atoms with Crippen LogP contribution < -0.4 is 11.3 Å². The van der Waals surface area contributed by atoms with Crippen molar-refractivity contribution in [2.45, 2.75) is 12.8 Å². The van der Waals surface area contributed by atoms with Crippen LogP contribution in [0, 0.1) is 0 Å². The number of hydrogen-bond donors (Lipinski definition) is 1. The largest absolute Gasteiger partial charge is 0.381 e. The van der Waals surface area contributed by atoms with E-state index >= 15 is 0 Å². The number of carbonyl (C=O) groups excluding carboxylic acids is 1. The summed E-state index contributed by atoms with van der Waals surface area (Å²) in [7, 11) is 0. The summed E-state index contributed by atoms with van der Waals surface area (Å²) in [6.45, 7) is 2.00. The number of hydrogen-bond acceptors (Lipinski definition) is 6. The predicted octanol–water partition coefficient (Wildman–Crippen LogP) is 2.24. The number of nitrogens with two attached hydrogens (primary N) is 1.